The fourth-order valence-electron chi connectivity index (χ4n) is 3.58. The molecular weight excluding hydrogens is 330 g/mol. The van der Waals surface area contributed by atoms with Gasteiger partial charge in [0.25, 0.3) is 0 Å². The van der Waals surface area contributed by atoms with E-state index in [1.165, 1.54) is 22.5 Å². The Morgan fingerprint density at radius 1 is 0.556 bits per heavy atom. The maximum Gasteiger partial charge on any atom is 0.135 e. The largest absolute Gasteiger partial charge is 0.456 e. The summed E-state index contributed by atoms with van der Waals surface area (Å²) in [5, 5.41) is 2.32. The van der Waals surface area contributed by atoms with Crippen LogP contribution in [0.3, 0.4) is 0 Å². The average molecular weight is 349 g/mol. The lowest BCUT2D eigenvalue weighted by Crippen LogP contribution is -2.08. The molecule has 2 nitrogen and oxygen atoms in total. The Bertz CT molecular complexity index is 1220. The van der Waals surface area contributed by atoms with Gasteiger partial charge in [0, 0.05) is 29.2 Å². The Hall–Kier alpha value is -3.52. The highest BCUT2D eigenvalue weighted by atomic mass is 16.3. The van der Waals surface area contributed by atoms with Crippen molar-refractivity contribution in [3.8, 4) is 11.1 Å². The van der Waals surface area contributed by atoms with Crippen LogP contribution < -0.4 is 4.90 Å². The first kappa shape index (κ1) is 15.7. The summed E-state index contributed by atoms with van der Waals surface area (Å²) in [6.45, 7) is 0. The van der Waals surface area contributed by atoms with Crippen LogP contribution in [0, 0.1) is 0 Å². The number of para-hydroxylation sites is 2. The van der Waals surface area contributed by atoms with Crippen LogP contribution in [0.25, 0.3) is 33.1 Å². The van der Waals surface area contributed by atoms with Crippen molar-refractivity contribution >= 4 is 33.3 Å². The molecule has 0 bridgehead atoms. The van der Waals surface area contributed by atoms with Crippen molar-refractivity contribution in [2.24, 2.45) is 0 Å². The summed E-state index contributed by atoms with van der Waals surface area (Å²) in [5.74, 6) is 0. The van der Waals surface area contributed by atoms with E-state index >= 15 is 0 Å². The quantitative estimate of drug-likeness (QED) is 0.348. The highest BCUT2D eigenvalue weighted by Crippen LogP contribution is 2.33. The van der Waals surface area contributed by atoms with Crippen LogP contribution in [-0.2, 0) is 0 Å². The summed E-state index contributed by atoms with van der Waals surface area (Å²) in [5.41, 5.74) is 6.61. The summed E-state index contributed by atoms with van der Waals surface area (Å²) >= 11 is 0. The van der Waals surface area contributed by atoms with E-state index in [2.05, 4.69) is 90.8 Å². The zero-order chi connectivity index (χ0) is 18.2. The Morgan fingerprint density at radius 2 is 1.19 bits per heavy atom. The van der Waals surface area contributed by atoms with E-state index in [1.54, 1.807) is 0 Å². The third kappa shape index (κ3) is 2.76. The van der Waals surface area contributed by atoms with Gasteiger partial charge in [-0.25, -0.2) is 0 Å². The molecule has 0 saturated heterocycles. The minimum atomic E-state index is 0.931. The molecule has 0 spiro atoms. The minimum absolute atomic E-state index is 0.931. The van der Waals surface area contributed by atoms with Gasteiger partial charge < -0.3 is 9.32 Å². The van der Waals surface area contributed by atoms with E-state index < -0.39 is 0 Å². The first-order valence-electron chi connectivity index (χ1n) is 9.10. The highest BCUT2D eigenvalue weighted by molar-refractivity contribution is 6.06. The molecule has 0 amide bonds. The molecule has 1 heterocycles. The van der Waals surface area contributed by atoms with Gasteiger partial charge in [0.15, 0.2) is 0 Å². The number of furan rings is 1. The fourth-order valence-corrected chi connectivity index (χ4v) is 3.58. The summed E-state index contributed by atoms with van der Waals surface area (Å²) < 4.78 is 5.94. The van der Waals surface area contributed by atoms with Crippen molar-refractivity contribution in [2.45, 2.75) is 0 Å². The van der Waals surface area contributed by atoms with Crippen LogP contribution in [0.1, 0.15) is 0 Å². The topological polar surface area (TPSA) is 16.4 Å². The van der Waals surface area contributed by atoms with Gasteiger partial charge in [0.05, 0.1) is 0 Å². The number of hydrogen-bond acceptors (Lipinski definition) is 2. The van der Waals surface area contributed by atoms with Gasteiger partial charge in [-0.05, 0) is 53.6 Å². The predicted octanol–water partition coefficient (Wildman–Crippen LogP) is 7.02. The Kier molecular flexibility index (Phi) is 3.68. The van der Waals surface area contributed by atoms with Crippen molar-refractivity contribution in [3.05, 3.63) is 97.1 Å². The van der Waals surface area contributed by atoms with Gasteiger partial charge >= 0.3 is 0 Å². The Labute approximate surface area is 158 Å². The lowest BCUT2D eigenvalue weighted by molar-refractivity contribution is 0.669. The van der Waals surface area contributed by atoms with Crippen molar-refractivity contribution < 1.29 is 4.42 Å². The molecule has 0 unspecified atom stereocenters. The summed E-state index contributed by atoms with van der Waals surface area (Å²) in [4.78, 5) is 2.19. The van der Waals surface area contributed by atoms with E-state index in [-0.39, 0.29) is 0 Å². The SMILES string of the molecule is CN(c1ccccc1)c1ccc(-c2ccc3oc4ccccc4c3c2)cc1. The zero-order valence-electron chi connectivity index (χ0n) is 15.1. The summed E-state index contributed by atoms with van der Waals surface area (Å²) in [7, 11) is 2.09. The number of fused-ring (bicyclic) bond motifs is 3. The van der Waals surface area contributed by atoms with Crippen LogP contribution in [0.5, 0.6) is 0 Å². The van der Waals surface area contributed by atoms with Crippen molar-refractivity contribution in [1.29, 1.82) is 0 Å². The molecule has 130 valence electrons. The Balaban J connectivity index is 1.52. The molecule has 0 aliphatic carbocycles. The van der Waals surface area contributed by atoms with Crippen molar-refractivity contribution in [2.75, 3.05) is 11.9 Å². The third-order valence-electron chi connectivity index (χ3n) is 5.11. The Morgan fingerprint density at radius 3 is 2.00 bits per heavy atom. The van der Waals surface area contributed by atoms with Gasteiger partial charge in [-0.2, -0.15) is 0 Å². The normalized spacial score (nSPS) is 11.1. The predicted molar refractivity (Wildman–Crippen MR) is 114 cm³/mol. The number of rotatable bonds is 3. The van der Waals surface area contributed by atoms with Crippen molar-refractivity contribution in [3.63, 3.8) is 0 Å². The molecule has 4 aromatic carbocycles. The number of hydrogen-bond donors (Lipinski definition) is 0. The molecule has 0 atom stereocenters. The lowest BCUT2D eigenvalue weighted by Gasteiger charge is -2.19. The highest BCUT2D eigenvalue weighted by Gasteiger charge is 2.09. The second-order valence-electron chi connectivity index (χ2n) is 6.75. The molecule has 27 heavy (non-hydrogen) atoms. The first-order valence-corrected chi connectivity index (χ1v) is 9.10. The van der Waals surface area contributed by atoms with E-state index in [4.69, 9.17) is 4.42 Å². The molecule has 0 aliphatic heterocycles. The molecule has 1 aromatic heterocycles. The van der Waals surface area contributed by atoms with Gasteiger partial charge in [0.2, 0.25) is 0 Å². The standard InChI is InChI=1S/C25H19NO/c1-26(20-7-3-2-4-8-20)21-14-11-18(12-15-21)19-13-16-25-23(17-19)22-9-5-6-10-24(22)27-25/h2-17H,1H3. The average Bonchev–Trinajstić information content (AvgIpc) is 3.12. The fraction of sp³-hybridized carbons (Fsp3) is 0.0400. The van der Waals surface area contributed by atoms with Crippen LogP contribution in [0.15, 0.2) is 101 Å². The van der Waals surface area contributed by atoms with E-state index in [1.807, 2.05) is 18.2 Å². The van der Waals surface area contributed by atoms with Gasteiger partial charge in [-0.3, -0.25) is 0 Å². The van der Waals surface area contributed by atoms with Gasteiger partial charge in [0.1, 0.15) is 11.2 Å². The molecule has 5 aromatic rings. The number of nitrogens with zero attached hydrogens (tertiary/aromatic N) is 1. The van der Waals surface area contributed by atoms with E-state index in [9.17, 15) is 0 Å². The molecule has 0 radical (unpaired) electrons. The summed E-state index contributed by atoms with van der Waals surface area (Å²) in [6, 6.07) is 33.7. The van der Waals surface area contributed by atoms with E-state index in [0.29, 0.717) is 0 Å². The lowest BCUT2D eigenvalue weighted by atomic mass is 10.0. The molecule has 2 heteroatoms. The zero-order valence-corrected chi connectivity index (χ0v) is 15.1. The van der Waals surface area contributed by atoms with Crippen LogP contribution >= 0.6 is 0 Å². The molecule has 5 rings (SSSR count). The van der Waals surface area contributed by atoms with Crippen LogP contribution in [0.2, 0.25) is 0 Å². The smallest absolute Gasteiger partial charge is 0.135 e. The third-order valence-corrected chi connectivity index (χ3v) is 5.11. The van der Waals surface area contributed by atoms with Gasteiger partial charge in [-0.1, -0.05) is 54.6 Å². The first-order chi connectivity index (χ1) is 13.3. The maximum absolute atomic E-state index is 5.94. The second-order valence-corrected chi connectivity index (χ2v) is 6.75. The number of anilines is 2. The van der Waals surface area contributed by atoms with Crippen LogP contribution in [0.4, 0.5) is 11.4 Å². The van der Waals surface area contributed by atoms with Crippen LogP contribution in [-0.4, -0.2) is 7.05 Å². The number of benzene rings is 4. The van der Waals surface area contributed by atoms with Gasteiger partial charge in [-0.15, -0.1) is 0 Å². The molecule has 0 fully saturated rings. The molecule has 0 N–H and O–H groups in total. The van der Waals surface area contributed by atoms with Crippen molar-refractivity contribution in [1.82, 2.24) is 0 Å². The summed E-state index contributed by atoms with van der Waals surface area (Å²) in [6.07, 6.45) is 0. The molecule has 0 saturated carbocycles. The minimum Gasteiger partial charge on any atom is -0.456 e. The molecular formula is C25H19NO. The second kappa shape index (κ2) is 6.33. The van der Waals surface area contributed by atoms with E-state index in [0.717, 1.165) is 21.9 Å². The monoisotopic (exact) mass is 349 g/mol. The maximum atomic E-state index is 5.94. The molecule has 0 aliphatic rings.